The van der Waals surface area contributed by atoms with E-state index >= 15 is 0 Å². The van der Waals surface area contributed by atoms with E-state index in [2.05, 4.69) is 20.6 Å². The van der Waals surface area contributed by atoms with Gasteiger partial charge in [0.05, 0.1) is 12.1 Å². The van der Waals surface area contributed by atoms with Crippen molar-refractivity contribution in [2.24, 2.45) is 4.99 Å². The Balaban J connectivity index is 0.00000392. The summed E-state index contributed by atoms with van der Waals surface area (Å²) in [7, 11) is 3.83. The lowest BCUT2D eigenvalue weighted by Gasteiger charge is -2.17. The van der Waals surface area contributed by atoms with Crippen molar-refractivity contribution >= 4 is 35.8 Å². The molecule has 2 N–H and O–H groups in total. The van der Waals surface area contributed by atoms with Gasteiger partial charge in [0.15, 0.2) is 5.96 Å². The van der Waals surface area contributed by atoms with Gasteiger partial charge in [0, 0.05) is 38.9 Å². The summed E-state index contributed by atoms with van der Waals surface area (Å²) in [6.07, 6.45) is -2.63. The molecule has 0 bridgehead atoms. The summed E-state index contributed by atoms with van der Waals surface area (Å²) in [6, 6.07) is 9.03. The van der Waals surface area contributed by atoms with Crippen LogP contribution in [0.4, 0.5) is 19.0 Å². The predicted octanol–water partition coefficient (Wildman–Crippen LogP) is 4.04. The Kier molecular flexibility index (Phi) is 9.50. The Morgan fingerprint density at radius 3 is 2.54 bits per heavy atom. The van der Waals surface area contributed by atoms with Gasteiger partial charge in [0.2, 0.25) is 0 Å². The Morgan fingerprint density at radius 2 is 1.89 bits per heavy atom. The van der Waals surface area contributed by atoms with Crippen molar-refractivity contribution < 1.29 is 13.2 Å². The van der Waals surface area contributed by atoms with Gasteiger partial charge in [-0.15, -0.1) is 24.0 Å². The molecular weight excluding hydrogens is 482 g/mol. The van der Waals surface area contributed by atoms with E-state index in [4.69, 9.17) is 0 Å². The van der Waals surface area contributed by atoms with Gasteiger partial charge in [-0.3, -0.25) is 0 Å². The minimum absolute atomic E-state index is 0. The molecule has 0 fully saturated rings. The van der Waals surface area contributed by atoms with Gasteiger partial charge < -0.3 is 15.5 Å². The third-order valence-corrected chi connectivity index (χ3v) is 3.76. The molecule has 0 aliphatic carbocycles. The minimum atomic E-state index is -4.36. The number of rotatable bonds is 6. The Labute approximate surface area is 180 Å². The number of halogens is 4. The summed E-state index contributed by atoms with van der Waals surface area (Å²) in [6.45, 7) is 3.21. The van der Waals surface area contributed by atoms with Crippen LogP contribution < -0.4 is 15.5 Å². The van der Waals surface area contributed by atoms with Crippen molar-refractivity contribution in [2.75, 3.05) is 25.5 Å². The van der Waals surface area contributed by atoms with E-state index in [9.17, 15) is 13.2 Å². The van der Waals surface area contributed by atoms with Crippen LogP contribution in [0.3, 0.4) is 0 Å². The second-order valence-electron chi connectivity index (χ2n) is 6.13. The summed E-state index contributed by atoms with van der Waals surface area (Å²) >= 11 is 0. The number of hydrogen-bond acceptors (Lipinski definition) is 3. The van der Waals surface area contributed by atoms with Crippen LogP contribution in [-0.4, -0.2) is 31.6 Å². The second-order valence-corrected chi connectivity index (χ2v) is 6.13. The lowest BCUT2D eigenvalue weighted by molar-refractivity contribution is -0.137. The molecule has 2 rings (SSSR count). The lowest BCUT2D eigenvalue weighted by Crippen LogP contribution is -2.37. The van der Waals surface area contributed by atoms with E-state index in [0.29, 0.717) is 24.6 Å². The number of anilines is 1. The molecular formula is C19H25F3IN5. The lowest BCUT2D eigenvalue weighted by atomic mass is 10.1. The van der Waals surface area contributed by atoms with Gasteiger partial charge in [-0.05, 0) is 30.7 Å². The van der Waals surface area contributed by atoms with Crippen LogP contribution in [0.15, 0.2) is 47.6 Å². The Hall–Kier alpha value is -2.04. The van der Waals surface area contributed by atoms with Gasteiger partial charge in [0.1, 0.15) is 5.82 Å². The van der Waals surface area contributed by atoms with E-state index in [-0.39, 0.29) is 30.5 Å². The van der Waals surface area contributed by atoms with E-state index in [1.54, 1.807) is 12.3 Å². The highest BCUT2D eigenvalue weighted by Gasteiger charge is 2.30. The molecule has 0 saturated heterocycles. The fourth-order valence-corrected chi connectivity index (χ4v) is 2.51. The molecule has 1 heterocycles. The quantitative estimate of drug-likeness (QED) is 0.352. The van der Waals surface area contributed by atoms with Crippen LogP contribution in [0.5, 0.6) is 0 Å². The molecule has 0 amide bonds. The van der Waals surface area contributed by atoms with Crippen LogP contribution >= 0.6 is 24.0 Å². The topological polar surface area (TPSA) is 52.6 Å². The van der Waals surface area contributed by atoms with Crippen molar-refractivity contribution in [1.29, 1.82) is 0 Å². The number of nitrogens with zero attached hydrogens (tertiary/aromatic N) is 3. The van der Waals surface area contributed by atoms with Crippen LogP contribution in [0.2, 0.25) is 0 Å². The zero-order valence-corrected chi connectivity index (χ0v) is 18.4. The van der Waals surface area contributed by atoms with Crippen molar-refractivity contribution in [3.63, 3.8) is 0 Å². The molecule has 0 spiro atoms. The maximum absolute atomic E-state index is 12.8. The highest BCUT2D eigenvalue weighted by molar-refractivity contribution is 14.0. The van der Waals surface area contributed by atoms with E-state index < -0.39 is 11.7 Å². The smallest absolute Gasteiger partial charge is 0.362 e. The molecule has 0 atom stereocenters. The summed E-state index contributed by atoms with van der Waals surface area (Å²) in [4.78, 5) is 10.7. The number of guanidine groups is 1. The largest absolute Gasteiger partial charge is 0.416 e. The maximum Gasteiger partial charge on any atom is 0.416 e. The summed E-state index contributed by atoms with van der Waals surface area (Å²) in [5.74, 6) is 1.38. The average molecular weight is 507 g/mol. The highest BCUT2D eigenvalue weighted by Crippen LogP contribution is 2.29. The minimum Gasteiger partial charge on any atom is -0.362 e. The fourth-order valence-electron chi connectivity index (χ4n) is 2.51. The molecule has 9 heteroatoms. The van der Waals surface area contributed by atoms with Crippen LogP contribution in [0.1, 0.15) is 23.6 Å². The zero-order chi connectivity index (χ0) is 19.9. The molecule has 0 saturated carbocycles. The summed E-state index contributed by atoms with van der Waals surface area (Å²) in [5.41, 5.74) is 0.823. The zero-order valence-electron chi connectivity index (χ0n) is 16.0. The van der Waals surface area contributed by atoms with Gasteiger partial charge in [-0.2, -0.15) is 13.2 Å². The number of hydrogen-bond donors (Lipinski definition) is 2. The van der Waals surface area contributed by atoms with Crippen LogP contribution in [0, 0.1) is 0 Å². The van der Waals surface area contributed by atoms with Gasteiger partial charge in [0.25, 0.3) is 0 Å². The number of alkyl halides is 3. The molecule has 0 aliphatic rings. The Morgan fingerprint density at radius 1 is 1.14 bits per heavy atom. The predicted molar refractivity (Wildman–Crippen MR) is 117 cm³/mol. The normalized spacial score (nSPS) is 11.6. The number of pyridine rings is 1. The van der Waals surface area contributed by atoms with Crippen molar-refractivity contribution in [2.45, 2.75) is 26.2 Å². The first-order chi connectivity index (χ1) is 12.8. The molecule has 2 aromatic rings. The second kappa shape index (κ2) is 11.1. The number of nitrogens with one attached hydrogen (secondary N) is 2. The number of aliphatic imine (C=N–C) groups is 1. The molecule has 0 radical (unpaired) electrons. The van der Waals surface area contributed by atoms with E-state index in [1.807, 2.05) is 38.1 Å². The maximum atomic E-state index is 12.8. The van der Waals surface area contributed by atoms with Crippen LogP contribution in [-0.2, 0) is 19.3 Å². The third-order valence-electron chi connectivity index (χ3n) is 3.76. The molecule has 1 aromatic heterocycles. The first kappa shape index (κ1) is 24.0. The molecule has 1 aromatic carbocycles. The van der Waals surface area contributed by atoms with Crippen molar-refractivity contribution in [3.05, 3.63) is 59.3 Å². The molecule has 5 nitrogen and oxygen atoms in total. The number of aromatic nitrogens is 1. The Bertz CT molecular complexity index is 778. The van der Waals surface area contributed by atoms with E-state index in [1.165, 1.54) is 6.07 Å². The van der Waals surface area contributed by atoms with Crippen LogP contribution in [0.25, 0.3) is 0 Å². The SMILES string of the molecule is CCNC(=NCc1cccc(C(F)(F)F)c1)NCc1cccnc1N(C)C.I. The third kappa shape index (κ3) is 7.17. The van der Waals surface area contributed by atoms with E-state index in [0.717, 1.165) is 23.5 Å². The van der Waals surface area contributed by atoms with Gasteiger partial charge in [-0.25, -0.2) is 9.98 Å². The van der Waals surface area contributed by atoms with Crippen molar-refractivity contribution in [3.8, 4) is 0 Å². The van der Waals surface area contributed by atoms with Crippen molar-refractivity contribution in [1.82, 2.24) is 15.6 Å². The fraction of sp³-hybridized carbons (Fsp3) is 0.368. The standard InChI is InChI=1S/C19H24F3N5.HI/c1-4-23-18(26-13-15-8-6-10-24-17(15)27(2)3)25-12-14-7-5-9-16(11-14)19(20,21)22;/h5-11H,4,12-13H2,1-3H3,(H2,23,25,26);1H. The highest BCUT2D eigenvalue weighted by atomic mass is 127. The number of benzene rings is 1. The summed E-state index contributed by atoms with van der Waals surface area (Å²) in [5, 5.41) is 6.30. The molecule has 28 heavy (non-hydrogen) atoms. The molecule has 0 unspecified atom stereocenters. The molecule has 0 aliphatic heterocycles. The average Bonchev–Trinajstić information content (AvgIpc) is 2.63. The first-order valence-corrected chi connectivity index (χ1v) is 8.60. The van der Waals surface area contributed by atoms with Gasteiger partial charge in [-0.1, -0.05) is 18.2 Å². The summed E-state index contributed by atoms with van der Waals surface area (Å²) < 4.78 is 38.5. The first-order valence-electron chi connectivity index (χ1n) is 8.60. The van der Waals surface area contributed by atoms with Gasteiger partial charge >= 0.3 is 6.18 Å². The monoisotopic (exact) mass is 507 g/mol. The molecule has 154 valence electrons.